The Morgan fingerprint density at radius 2 is 2.08 bits per heavy atom. The van der Waals surface area contributed by atoms with E-state index in [-0.39, 0.29) is 12.0 Å². The van der Waals surface area contributed by atoms with E-state index in [4.69, 9.17) is 5.11 Å². The second-order valence-electron chi connectivity index (χ2n) is 3.68. The van der Waals surface area contributed by atoms with E-state index in [0.717, 1.165) is 0 Å². The number of aliphatic hydroxyl groups excluding tert-OH is 1. The van der Waals surface area contributed by atoms with Gasteiger partial charge < -0.3 is 10.4 Å². The Kier molecular flexibility index (Phi) is 5.39. The molecule has 1 amide bonds. The summed E-state index contributed by atoms with van der Waals surface area (Å²) in [5, 5.41) is 11.8. The molecule has 0 radical (unpaired) electrons. The van der Waals surface area contributed by atoms with Crippen LogP contribution < -0.4 is 5.32 Å². The van der Waals surface area contributed by atoms with Crippen LogP contribution in [0, 0.1) is 5.92 Å². The van der Waals surface area contributed by atoms with E-state index >= 15 is 0 Å². The number of rotatable bonds is 5. The molecule has 0 aromatic heterocycles. The Labute approximate surface area is 79.8 Å². The zero-order valence-electron chi connectivity index (χ0n) is 8.63. The van der Waals surface area contributed by atoms with Crippen LogP contribution in [0.1, 0.15) is 27.2 Å². The predicted molar refractivity (Wildman–Crippen MR) is 53.3 cm³/mol. The summed E-state index contributed by atoms with van der Waals surface area (Å²) in [6.07, 6.45) is 0.396. The zero-order valence-corrected chi connectivity index (χ0v) is 8.63. The van der Waals surface area contributed by atoms with Crippen molar-refractivity contribution < 1.29 is 9.90 Å². The molecule has 13 heavy (non-hydrogen) atoms. The van der Waals surface area contributed by atoms with Gasteiger partial charge >= 0.3 is 0 Å². The summed E-state index contributed by atoms with van der Waals surface area (Å²) in [6, 6.07) is 0. The van der Waals surface area contributed by atoms with E-state index in [9.17, 15) is 4.79 Å². The van der Waals surface area contributed by atoms with Crippen molar-refractivity contribution in [3.8, 4) is 0 Å². The van der Waals surface area contributed by atoms with Gasteiger partial charge in [0.1, 0.15) is 0 Å². The van der Waals surface area contributed by atoms with Gasteiger partial charge in [0, 0.05) is 12.1 Å². The molecule has 0 aromatic carbocycles. The van der Waals surface area contributed by atoms with Gasteiger partial charge in [-0.2, -0.15) is 0 Å². The average Bonchev–Trinajstić information content (AvgIpc) is 1.98. The summed E-state index contributed by atoms with van der Waals surface area (Å²) in [5.74, 6) is 0.181. The molecule has 0 rings (SSSR count). The summed E-state index contributed by atoms with van der Waals surface area (Å²) in [7, 11) is 0. The number of amides is 1. The van der Waals surface area contributed by atoms with Gasteiger partial charge in [-0.15, -0.1) is 0 Å². The maximum atomic E-state index is 11.1. The highest BCUT2D eigenvalue weighted by Gasteiger charge is 2.07. The monoisotopic (exact) mass is 185 g/mol. The number of aliphatic hydroxyl groups is 1. The molecule has 0 bridgehead atoms. The lowest BCUT2D eigenvalue weighted by atomic mass is 10.0. The molecular formula is C10H19NO2. The molecule has 2 unspecified atom stereocenters. The van der Waals surface area contributed by atoms with Gasteiger partial charge in [-0.05, 0) is 26.2 Å². The topological polar surface area (TPSA) is 49.3 Å². The lowest BCUT2D eigenvalue weighted by Gasteiger charge is -2.13. The largest absolute Gasteiger partial charge is 0.393 e. The van der Waals surface area contributed by atoms with Crippen LogP contribution in [-0.4, -0.2) is 23.7 Å². The number of hydrogen-bond acceptors (Lipinski definition) is 2. The fraction of sp³-hybridized carbons (Fsp3) is 0.700. The zero-order chi connectivity index (χ0) is 10.4. The second kappa shape index (κ2) is 5.75. The van der Waals surface area contributed by atoms with Crippen molar-refractivity contribution in [2.75, 3.05) is 6.54 Å². The molecule has 0 spiro atoms. The highest BCUT2D eigenvalue weighted by molar-refractivity contribution is 5.92. The quantitative estimate of drug-likeness (QED) is 0.630. The van der Waals surface area contributed by atoms with E-state index in [0.29, 0.717) is 24.5 Å². The SMILES string of the molecule is C=C(C)C(=O)NCC(C)CC(C)O. The molecule has 3 heteroatoms. The lowest BCUT2D eigenvalue weighted by Crippen LogP contribution is -2.29. The molecule has 0 saturated carbocycles. The molecule has 2 atom stereocenters. The standard InChI is InChI=1S/C10H19NO2/c1-7(2)10(13)11-6-8(3)5-9(4)12/h8-9,12H,1,5-6H2,2-4H3,(H,11,13). The van der Waals surface area contributed by atoms with Crippen molar-refractivity contribution in [3.63, 3.8) is 0 Å². The highest BCUT2D eigenvalue weighted by Crippen LogP contribution is 2.04. The second-order valence-corrected chi connectivity index (χ2v) is 3.68. The van der Waals surface area contributed by atoms with Gasteiger partial charge in [0.15, 0.2) is 0 Å². The van der Waals surface area contributed by atoms with Crippen LogP contribution in [0.15, 0.2) is 12.2 Å². The summed E-state index contributed by atoms with van der Waals surface area (Å²) in [4.78, 5) is 11.1. The van der Waals surface area contributed by atoms with Crippen molar-refractivity contribution >= 4 is 5.91 Å². The Morgan fingerprint density at radius 3 is 2.46 bits per heavy atom. The van der Waals surface area contributed by atoms with Crippen LogP contribution in [0.2, 0.25) is 0 Å². The van der Waals surface area contributed by atoms with Gasteiger partial charge in [-0.1, -0.05) is 13.5 Å². The first-order valence-corrected chi connectivity index (χ1v) is 4.55. The van der Waals surface area contributed by atoms with E-state index in [2.05, 4.69) is 11.9 Å². The molecule has 76 valence electrons. The molecule has 0 aliphatic heterocycles. The van der Waals surface area contributed by atoms with Gasteiger partial charge in [0.2, 0.25) is 5.91 Å². The normalized spacial score (nSPS) is 14.8. The summed E-state index contributed by atoms with van der Waals surface area (Å²) < 4.78 is 0. The van der Waals surface area contributed by atoms with Crippen LogP contribution in [0.5, 0.6) is 0 Å². The molecule has 3 nitrogen and oxygen atoms in total. The third kappa shape index (κ3) is 6.34. The molecule has 0 heterocycles. The molecule has 0 aromatic rings. The van der Waals surface area contributed by atoms with Gasteiger partial charge in [0.25, 0.3) is 0 Å². The first-order chi connectivity index (χ1) is 5.93. The van der Waals surface area contributed by atoms with Crippen LogP contribution >= 0.6 is 0 Å². The van der Waals surface area contributed by atoms with Crippen LogP contribution in [0.4, 0.5) is 0 Å². The van der Waals surface area contributed by atoms with Crippen molar-refractivity contribution in [3.05, 3.63) is 12.2 Å². The number of carbonyl (C=O) groups excluding carboxylic acids is 1. The summed E-state index contributed by atoms with van der Waals surface area (Å²) in [6.45, 7) is 9.54. The third-order valence-corrected chi connectivity index (χ3v) is 1.74. The molecule has 0 aliphatic carbocycles. The number of hydrogen-bond donors (Lipinski definition) is 2. The van der Waals surface area contributed by atoms with Gasteiger partial charge in [-0.3, -0.25) is 4.79 Å². The Balaban J connectivity index is 3.64. The predicted octanol–water partition coefficient (Wildman–Crippen LogP) is 1.09. The average molecular weight is 185 g/mol. The molecule has 0 saturated heterocycles. The van der Waals surface area contributed by atoms with Crippen LogP contribution in [0.25, 0.3) is 0 Å². The van der Waals surface area contributed by atoms with E-state index in [1.54, 1.807) is 13.8 Å². The first-order valence-electron chi connectivity index (χ1n) is 4.55. The maximum Gasteiger partial charge on any atom is 0.246 e. The number of nitrogens with one attached hydrogen (secondary N) is 1. The van der Waals surface area contributed by atoms with Gasteiger partial charge in [0.05, 0.1) is 6.10 Å². The molecule has 2 N–H and O–H groups in total. The highest BCUT2D eigenvalue weighted by atomic mass is 16.3. The van der Waals surface area contributed by atoms with E-state index in [1.807, 2.05) is 6.92 Å². The Hall–Kier alpha value is -0.830. The van der Waals surface area contributed by atoms with Gasteiger partial charge in [-0.25, -0.2) is 0 Å². The minimum Gasteiger partial charge on any atom is -0.393 e. The fourth-order valence-electron chi connectivity index (χ4n) is 1.08. The van der Waals surface area contributed by atoms with E-state index < -0.39 is 0 Å². The maximum absolute atomic E-state index is 11.1. The van der Waals surface area contributed by atoms with Crippen LogP contribution in [0.3, 0.4) is 0 Å². The smallest absolute Gasteiger partial charge is 0.246 e. The Bertz CT molecular complexity index is 187. The molecule has 0 fully saturated rings. The summed E-state index contributed by atoms with van der Waals surface area (Å²) in [5.41, 5.74) is 0.518. The molecular weight excluding hydrogens is 166 g/mol. The van der Waals surface area contributed by atoms with Crippen molar-refractivity contribution in [2.45, 2.75) is 33.3 Å². The number of carbonyl (C=O) groups is 1. The minimum absolute atomic E-state index is 0.113. The fourth-order valence-corrected chi connectivity index (χ4v) is 1.08. The van der Waals surface area contributed by atoms with Crippen molar-refractivity contribution in [1.29, 1.82) is 0 Å². The van der Waals surface area contributed by atoms with Crippen LogP contribution in [-0.2, 0) is 4.79 Å². The Morgan fingerprint density at radius 1 is 1.54 bits per heavy atom. The first kappa shape index (κ1) is 12.2. The van der Waals surface area contributed by atoms with E-state index in [1.165, 1.54) is 0 Å². The van der Waals surface area contributed by atoms with Crippen molar-refractivity contribution in [1.82, 2.24) is 5.32 Å². The minimum atomic E-state index is -0.309. The lowest BCUT2D eigenvalue weighted by molar-refractivity contribution is -0.117. The molecule has 0 aliphatic rings. The third-order valence-electron chi connectivity index (χ3n) is 1.74. The van der Waals surface area contributed by atoms with Crippen molar-refractivity contribution in [2.24, 2.45) is 5.92 Å². The summed E-state index contributed by atoms with van der Waals surface area (Å²) >= 11 is 0.